The summed E-state index contributed by atoms with van der Waals surface area (Å²) in [5.41, 5.74) is 0. The molecule has 6 nitrogen and oxygen atoms in total. The first kappa shape index (κ1) is 13.3. The molecular formula is C14H21N5O. The number of nitrogens with zero attached hydrogens (tertiary/aromatic N) is 4. The molecule has 0 aliphatic carbocycles. The van der Waals surface area contributed by atoms with Crippen LogP contribution in [0.5, 0.6) is 0 Å². The standard InChI is InChI=1S/C14H21N5O/c20-14(12-4-1-6-15-12)19-9-3-8-18(10-11-19)13-5-2-7-16-17-13/h2,5,7,12,15H,1,3-4,6,8-11H2. The van der Waals surface area contributed by atoms with E-state index in [1.54, 1.807) is 6.20 Å². The fourth-order valence-corrected chi connectivity index (χ4v) is 2.94. The van der Waals surface area contributed by atoms with Crippen LogP contribution in [0.3, 0.4) is 0 Å². The molecule has 0 radical (unpaired) electrons. The normalized spacial score (nSPS) is 23.7. The number of hydrogen-bond donors (Lipinski definition) is 1. The number of carbonyl (C=O) groups excluding carboxylic acids is 1. The Morgan fingerprint density at radius 2 is 2.20 bits per heavy atom. The number of anilines is 1. The van der Waals surface area contributed by atoms with Crippen LogP contribution in [0, 0.1) is 0 Å². The van der Waals surface area contributed by atoms with Crippen LogP contribution in [0.4, 0.5) is 5.82 Å². The lowest BCUT2D eigenvalue weighted by molar-refractivity contribution is -0.132. The third kappa shape index (κ3) is 2.90. The van der Waals surface area contributed by atoms with Gasteiger partial charge in [-0.3, -0.25) is 4.79 Å². The van der Waals surface area contributed by atoms with Crippen molar-refractivity contribution in [1.82, 2.24) is 20.4 Å². The summed E-state index contributed by atoms with van der Waals surface area (Å²) in [7, 11) is 0. The van der Waals surface area contributed by atoms with E-state index >= 15 is 0 Å². The summed E-state index contributed by atoms with van der Waals surface area (Å²) in [6, 6.07) is 3.92. The molecule has 1 N–H and O–H groups in total. The van der Waals surface area contributed by atoms with Crippen LogP contribution < -0.4 is 10.2 Å². The minimum atomic E-state index is 0.0399. The molecule has 1 aromatic heterocycles. The van der Waals surface area contributed by atoms with Crippen molar-refractivity contribution in [3.63, 3.8) is 0 Å². The van der Waals surface area contributed by atoms with Crippen molar-refractivity contribution in [2.45, 2.75) is 25.3 Å². The monoisotopic (exact) mass is 275 g/mol. The molecule has 3 rings (SSSR count). The van der Waals surface area contributed by atoms with Gasteiger partial charge in [0.05, 0.1) is 6.04 Å². The van der Waals surface area contributed by atoms with Crippen LogP contribution in [0.2, 0.25) is 0 Å². The van der Waals surface area contributed by atoms with E-state index in [1.165, 1.54) is 0 Å². The molecule has 3 heterocycles. The first-order chi connectivity index (χ1) is 9.84. The zero-order valence-corrected chi connectivity index (χ0v) is 11.7. The smallest absolute Gasteiger partial charge is 0.239 e. The average molecular weight is 275 g/mol. The van der Waals surface area contributed by atoms with Gasteiger partial charge >= 0.3 is 0 Å². The van der Waals surface area contributed by atoms with Crippen LogP contribution in [-0.4, -0.2) is 59.8 Å². The Bertz CT molecular complexity index is 446. The van der Waals surface area contributed by atoms with E-state index in [2.05, 4.69) is 20.4 Å². The van der Waals surface area contributed by atoms with Crippen molar-refractivity contribution in [3.05, 3.63) is 18.3 Å². The first-order valence-corrected chi connectivity index (χ1v) is 7.39. The summed E-state index contributed by atoms with van der Waals surface area (Å²) >= 11 is 0. The highest BCUT2D eigenvalue weighted by Gasteiger charge is 2.28. The van der Waals surface area contributed by atoms with E-state index in [0.717, 1.165) is 57.8 Å². The average Bonchev–Trinajstić information content (AvgIpc) is 2.92. The van der Waals surface area contributed by atoms with Gasteiger partial charge in [0.25, 0.3) is 0 Å². The van der Waals surface area contributed by atoms with Crippen molar-refractivity contribution in [1.29, 1.82) is 0 Å². The Kier molecular flexibility index (Phi) is 4.11. The molecule has 2 saturated heterocycles. The summed E-state index contributed by atoms with van der Waals surface area (Å²) in [5, 5.41) is 11.4. The van der Waals surface area contributed by atoms with Crippen LogP contribution in [0.1, 0.15) is 19.3 Å². The van der Waals surface area contributed by atoms with Gasteiger partial charge in [-0.05, 0) is 37.9 Å². The van der Waals surface area contributed by atoms with E-state index in [-0.39, 0.29) is 11.9 Å². The predicted octanol–water partition coefficient (Wildman–Crippen LogP) is 0.267. The quantitative estimate of drug-likeness (QED) is 0.839. The summed E-state index contributed by atoms with van der Waals surface area (Å²) < 4.78 is 0. The molecule has 1 amide bonds. The van der Waals surface area contributed by atoms with Crippen molar-refractivity contribution in [2.24, 2.45) is 0 Å². The van der Waals surface area contributed by atoms with Crippen molar-refractivity contribution >= 4 is 11.7 Å². The van der Waals surface area contributed by atoms with Crippen molar-refractivity contribution in [2.75, 3.05) is 37.6 Å². The van der Waals surface area contributed by atoms with E-state index in [9.17, 15) is 4.79 Å². The molecule has 1 atom stereocenters. The van der Waals surface area contributed by atoms with Gasteiger partial charge in [0.15, 0.2) is 5.82 Å². The van der Waals surface area contributed by atoms with E-state index in [4.69, 9.17) is 0 Å². The van der Waals surface area contributed by atoms with Crippen LogP contribution >= 0.6 is 0 Å². The number of carbonyl (C=O) groups is 1. The zero-order chi connectivity index (χ0) is 13.8. The largest absolute Gasteiger partial charge is 0.353 e. The summed E-state index contributed by atoms with van der Waals surface area (Å²) in [4.78, 5) is 16.6. The van der Waals surface area contributed by atoms with Crippen molar-refractivity contribution in [3.8, 4) is 0 Å². The van der Waals surface area contributed by atoms with Crippen LogP contribution in [-0.2, 0) is 4.79 Å². The predicted molar refractivity (Wildman–Crippen MR) is 76.5 cm³/mol. The van der Waals surface area contributed by atoms with Gasteiger partial charge in [0.1, 0.15) is 0 Å². The zero-order valence-electron chi connectivity index (χ0n) is 11.7. The van der Waals surface area contributed by atoms with E-state index in [1.807, 2.05) is 17.0 Å². The highest BCUT2D eigenvalue weighted by atomic mass is 16.2. The second-order valence-corrected chi connectivity index (χ2v) is 5.40. The maximum Gasteiger partial charge on any atom is 0.239 e. The van der Waals surface area contributed by atoms with Gasteiger partial charge in [-0.2, -0.15) is 5.10 Å². The molecule has 6 heteroatoms. The van der Waals surface area contributed by atoms with Crippen molar-refractivity contribution < 1.29 is 4.79 Å². The molecule has 0 spiro atoms. The van der Waals surface area contributed by atoms with Gasteiger partial charge < -0.3 is 15.1 Å². The maximum absolute atomic E-state index is 12.4. The maximum atomic E-state index is 12.4. The Morgan fingerprint density at radius 3 is 2.95 bits per heavy atom. The molecule has 0 bridgehead atoms. The molecule has 2 aliphatic heterocycles. The molecule has 2 fully saturated rings. The third-order valence-corrected chi connectivity index (χ3v) is 4.05. The summed E-state index contributed by atoms with van der Waals surface area (Å²) in [6.45, 7) is 4.34. The van der Waals surface area contributed by atoms with Gasteiger partial charge in [-0.25, -0.2) is 0 Å². The number of amides is 1. The van der Waals surface area contributed by atoms with E-state index in [0.29, 0.717) is 0 Å². The van der Waals surface area contributed by atoms with Gasteiger partial charge in [-0.1, -0.05) is 0 Å². The van der Waals surface area contributed by atoms with Gasteiger partial charge in [0.2, 0.25) is 5.91 Å². The van der Waals surface area contributed by atoms with Crippen LogP contribution in [0.15, 0.2) is 18.3 Å². The third-order valence-electron chi connectivity index (χ3n) is 4.05. The molecule has 0 aromatic carbocycles. The fraction of sp³-hybridized carbons (Fsp3) is 0.643. The molecular weight excluding hydrogens is 254 g/mol. The van der Waals surface area contributed by atoms with Gasteiger partial charge in [-0.15, -0.1) is 5.10 Å². The first-order valence-electron chi connectivity index (χ1n) is 7.39. The highest BCUT2D eigenvalue weighted by Crippen LogP contribution is 2.14. The Morgan fingerprint density at radius 1 is 1.25 bits per heavy atom. The van der Waals surface area contributed by atoms with E-state index < -0.39 is 0 Å². The highest BCUT2D eigenvalue weighted by molar-refractivity contribution is 5.82. The second-order valence-electron chi connectivity index (χ2n) is 5.40. The molecule has 108 valence electrons. The van der Waals surface area contributed by atoms with Gasteiger partial charge in [0, 0.05) is 32.4 Å². The molecule has 20 heavy (non-hydrogen) atoms. The lowest BCUT2D eigenvalue weighted by Crippen LogP contribution is -2.45. The number of hydrogen-bond acceptors (Lipinski definition) is 5. The minimum Gasteiger partial charge on any atom is -0.353 e. The lowest BCUT2D eigenvalue weighted by atomic mass is 10.2. The summed E-state index contributed by atoms with van der Waals surface area (Å²) in [5.74, 6) is 1.17. The SMILES string of the molecule is O=C(C1CCCN1)N1CCCN(c2cccnn2)CC1. The molecule has 1 aromatic rings. The van der Waals surface area contributed by atoms with Crippen LogP contribution in [0.25, 0.3) is 0 Å². The second kappa shape index (κ2) is 6.17. The Balaban J connectivity index is 1.60. The summed E-state index contributed by atoms with van der Waals surface area (Å²) in [6.07, 6.45) is 4.75. The number of aromatic nitrogens is 2. The molecule has 1 unspecified atom stereocenters. The number of rotatable bonds is 2. The molecule has 0 saturated carbocycles. The molecule has 2 aliphatic rings. The minimum absolute atomic E-state index is 0.0399. The topological polar surface area (TPSA) is 61.4 Å². The number of nitrogens with one attached hydrogen (secondary N) is 1. The Labute approximate surface area is 119 Å². The fourth-order valence-electron chi connectivity index (χ4n) is 2.94. The Hall–Kier alpha value is -1.69. The lowest BCUT2D eigenvalue weighted by Gasteiger charge is -2.24.